The number of halogens is 1. The van der Waals surface area contributed by atoms with Crippen LogP contribution < -0.4 is 11.1 Å². The van der Waals surface area contributed by atoms with Gasteiger partial charge in [0.2, 0.25) is 5.91 Å². The molecule has 3 atom stereocenters. The van der Waals surface area contributed by atoms with Gasteiger partial charge in [-0.2, -0.15) is 5.10 Å². The van der Waals surface area contributed by atoms with E-state index in [0.29, 0.717) is 12.5 Å². The highest BCUT2D eigenvalue weighted by Crippen LogP contribution is 2.17. The molecule has 0 saturated carbocycles. The highest BCUT2D eigenvalue weighted by molar-refractivity contribution is 5.85. The topological polar surface area (TPSA) is 85.8 Å². The maximum absolute atomic E-state index is 12.2. The Balaban J connectivity index is 0.00000242. The van der Waals surface area contributed by atoms with Crippen LogP contribution in [0, 0.1) is 5.92 Å². The molecule has 3 N–H and O–H groups in total. The van der Waals surface area contributed by atoms with E-state index in [-0.39, 0.29) is 30.3 Å². The zero-order chi connectivity index (χ0) is 15.6. The fourth-order valence-corrected chi connectivity index (χ4v) is 2.50. The number of aryl methyl sites for hydroxylation is 1. The Bertz CT molecular complexity index is 502. The van der Waals surface area contributed by atoms with E-state index in [0.717, 1.165) is 30.9 Å². The Morgan fingerprint density at radius 1 is 1.45 bits per heavy atom. The summed E-state index contributed by atoms with van der Waals surface area (Å²) in [6, 6.07) is -0.333. The molecule has 7 heteroatoms. The summed E-state index contributed by atoms with van der Waals surface area (Å²) in [5.74, 6) is 2.38. The fraction of sp³-hybridized carbons (Fsp3) is 0.800. The third-order valence-electron chi connectivity index (χ3n) is 4.30. The lowest BCUT2D eigenvalue weighted by atomic mass is 9.98. The van der Waals surface area contributed by atoms with Gasteiger partial charge in [0.25, 0.3) is 0 Å². The first kappa shape index (κ1) is 18.9. The number of hydrogen-bond acceptors (Lipinski definition) is 4. The molecule has 1 amide bonds. The van der Waals surface area contributed by atoms with Gasteiger partial charge < -0.3 is 11.1 Å². The van der Waals surface area contributed by atoms with Crippen molar-refractivity contribution in [2.75, 3.05) is 0 Å². The number of amides is 1. The van der Waals surface area contributed by atoms with Gasteiger partial charge in [0.05, 0.1) is 12.6 Å². The number of carbonyl (C=O) groups is 1. The summed E-state index contributed by atoms with van der Waals surface area (Å²) in [5.41, 5.74) is 5.98. The minimum atomic E-state index is -0.432. The van der Waals surface area contributed by atoms with E-state index in [9.17, 15) is 4.79 Å². The Morgan fingerprint density at radius 3 is 2.73 bits per heavy atom. The third-order valence-corrected chi connectivity index (χ3v) is 4.30. The van der Waals surface area contributed by atoms with E-state index in [1.807, 2.05) is 18.5 Å². The van der Waals surface area contributed by atoms with Crippen molar-refractivity contribution in [1.29, 1.82) is 0 Å². The number of hydrogen-bond donors (Lipinski definition) is 2. The number of rotatable bonds is 5. The molecule has 6 nitrogen and oxygen atoms in total. The van der Waals surface area contributed by atoms with Crippen LogP contribution in [0.25, 0.3) is 0 Å². The van der Waals surface area contributed by atoms with Gasteiger partial charge in [-0.1, -0.05) is 34.1 Å². The van der Waals surface area contributed by atoms with E-state index in [2.05, 4.69) is 29.2 Å². The SMILES string of the molecule is CCC(C)C(N)C(=O)NC1CCc2nc(C(C)C)nn2C1.Cl. The molecule has 22 heavy (non-hydrogen) atoms. The van der Waals surface area contributed by atoms with Crippen LogP contribution in [0.4, 0.5) is 0 Å². The van der Waals surface area contributed by atoms with Crippen LogP contribution in [-0.2, 0) is 17.8 Å². The van der Waals surface area contributed by atoms with Crippen molar-refractivity contribution in [3.05, 3.63) is 11.6 Å². The number of fused-ring (bicyclic) bond motifs is 1. The van der Waals surface area contributed by atoms with Gasteiger partial charge in [-0.25, -0.2) is 9.67 Å². The second-order valence-electron chi connectivity index (χ2n) is 6.38. The summed E-state index contributed by atoms with van der Waals surface area (Å²) < 4.78 is 1.93. The molecule has 1 aliphatic heterocycles. The molecule has 2 heterocycles. The normalized spacial score (nSPS) is 20.0. The Hall–Kier alpha value is -1.14. The Morgan fingerprint density at radius 2 is 2.14 bits per heavy atom. The number of carbonyl (C=O) groups excluding carboxylic acids is 1. The number of nitrogens with zero attached hydrogens (tertiary/aromatic N) is 3. The summed E-state index contributed by atoms with van der Waals surface area (Å²) in [6.07, 6.45) is 2.66. The van der Waals surface area contributed by atoms with Crippen LogP contribution in [0.15, 0.2) is 0 Å². The smallest absolute Gasteiger partial charge is 0.237 e. The minimum absolute atomic E-state index is 0. The second-order valence-corrected chi connectivity index (χ2v) is 6.38. The van der Waals surface area contributed by atoms with E-state index < -0.39 is 6.04 Å². The maximum Gasteiger partial charge on any atom is 0.237 e. The predicted molar refractivity (Wildman–Crippen MR) is 89.0 cm³/mol. The molecule has 0 aliphatic carbocycles. The quantitative estimate of drug-likeness (QED) is 0.859. The van der Waals surface area contributed by atoms with Crippen molar-refractivity contribution in [2.24, 2.45) is 11.7 Å². The summed E-state index contributed by atoms with van der Waals surface area (Å²) in [6.45, 7) is 8.93. The molecule has 2 rings (SSSR count). The molecule has 3 unspecified atom stereocenters. The molecular weight excluding hydrogens is 302 g/mol. The summed E-state index contributed by atoms with van der Waals surface area (Å²) in [7, 11) is 0. The first-order valence-electron chi connectivity index (χ1n) is 7.91. The molecule has 0 bridgehead atoms. The van der Waals surface area contributed by atoms with E-state index in [4.69, 9.17) is 5.73 Å². The Kier molecular flexibility index (Phi) is 6.81. The van der Waals surface area contributed by atoms with Gasteiger partial charge in [0.15, 0.2) is 5.82 Å². The van der Waals surface area contributed by atoms with Crippen molar-refractivity contribution in [3.63, 3.8) is 0 Å². The molecule has 126 valence electrons. The van der Waals surface area contributed by atoms with Crippen LogP contribution in [0.5, 0.6) is 0 Å². The number of aromatic nitrogens is 3. The molecule has 0 spiro atoms. The number of nitrogens with two attached hydrogens (primary N) is 1. The molecule has 0 radical (unpaired) electrons. The first-order valence-corrected chi connectivity index (χ1v) is 7.91. The van der Waals surface area contributed by atoms with Crippen LogP contribution in [0.1, 0.15) is 58.1 Å². The molecule has 0 aromatic carbocycles. The van der Waals surface area contributed by atoms with Gasteiger partial charge in [-0.05, 0) is 12.3 Å². The molecular formula is C15H28ClN5O. The predicted octanol–water partition coefficient (Wildman–Crippen LogP) is 1.63. The molecule has 1 aromatic heterocycles. The maximum atomic E-state index is 12.2. The lowest BCUT2D eigenvalue weighted by Crippen LogP contribution is -2.50. The standard InChI is InChI=1S/C15H27N5O.ClH/c1-5-10(4)13(16)15(21)17-11-6-7-12-18-14(9(2)3)19-20(12)8-11;/h9-11,13H,5-8,16H2,1-4H3,(H,17,21);1H. The molecule has 0 saturated heterocycles. The highest BCUT2D eigenvalue weighted by Gasteiger charge is 2.26. The van der Waals surface area contributed by atoms with Crippen LogP contribution in [0.3, 0.4) is 0 Å². The minimum Gasteiger partial charge on any atom is -0.350 e. The van der Waals surface area contributed by atoms with Gasteiger partial charge >= 0.3 is 0 Å². The van der Waals surface area contributed by atoms with Gasteiger partial charge in [0.1, 0.15) is 5.82 Å². The highest BCUT2D eigenvalue weighted by atomic mass is 35.5. The van der Waals surface area contributed by atoms with Crippen molar-refractivity contribution in [2.45, 2.75) is 71.5 Å². The first-order chi connectivity index (χ1) is 9.92. The van der Waals surface area contributed by atoms with Gasteiger partial charge in [0, 0.05) is 18.4 Å². The van der Waals surface area contributed by atoms with E-state index in [1.54, 1.807) is 0 Å². The monoisotopic (exact) mass is 329 g/mol. The number of nitrogens with one attached hydrogen (secondary N) is 1. The van der Waals surface area contributed by atoms with Crippen molar-refractivity contribution in [3.8, 4) is 0 Å². The van der Waals surface area contributed by atoms with Crippen molar-refractivity contribution in [1.82, 2.24) is 20.1 Å². The van der Waals surface area contributed by atoms with Gasteiger partial charge in [-0.15, -0.1) is 12.4 Å². The molecule has 1 aromatic rings. The van der Waals surface area contributed by atoms with Crippen LogP contribution in [0.2, 0.25) is 0 Å². The zero-order valence-corrected chi connectivity index (χ0v) is 14.7. The van der Waals surface area contributed by atoms with Crippen molar-refractivity contribution < 1.29 is 4.79 Å². The average Bonchev–Trinajstić information content (AvgIpc) is 2.89. The molecule has 0 fully saturated rings. The average molecular weight is 330 g/mol. The Labute approximate surface area is 138 Å². The lowest BCUT2D eigenvalue weighted by molar-refractivity contribution is -0.124. The molecule has 1 aliphatic rings. The van der Waals surface area contributed by atoms with Crippen LogP contribution >= 0.6 is 12.4 Å². The second kappa shape index (κ2) is 7.92. The fourth-order valence-electron chi connectivity index (χ4n) is 2.50. The summed E-state index contributed by atoms with van der Waals surface area (Å²) in [4.78, 5) is 16.7. The zero-order valence-electron chi connectivity index (χ0n) is 13.9. The van der Waals surface area contributed by atoms with Crippen molar-refractivity contribution >= 4 is 18.3 Å². The summed E-state index contributed by atoms with van der Waals surface area (Å²) in [5, 5.41) is 7.59. The van der Waals surface area contributed by atoms with E-state index in [1.165, 1.54) is 0 Å². The third kappa shape index (κ3) is 4.20. The lowest BCUT2D eigenvalue weighted by Gasteiger charge is -2.26. The largest absolute Gasteiger partial charge is 0.350 e. The van der Waals surface area contributed by atoms with Crippen LogP contribution in [-0.4, -0.2) is 32.8 Å². The summed E-state index contributed by atoms with van der Waals surface area (Å²) >= 11 is 0. The van der Waals surface area contributed by atoms with Gasteiger partial charge in [-0.3, -0.25) is 4.79 Å². The van der Waals surface area contributed by atoms with E-state index >= 15 is 0 Å².